The second-order valence-corrected chi connectivity index (χ2v) is 7.35. The lowest BCUT2D eigenvalue weighted by atomic mass is 9.84. The zero-order chi connectivity index (χ0) is 20.9. The van der Waals surface area contributed by atoms with Crippen molar-refractivity contribution in [3.8, 4) is 0 Å². The van der Waals surface area contributed by atoms with E-state index in [9.17, 15) is 30.0 Å². The molecule has 0 spiro atoms. The average Bonchev–Trinajstić information content (AvgIpc) is 3.20. The van der Waals surface area contributed by atoms with Crippen LogP contribution in [0.5, 0.6) is 0 Å². The van der Waals surface area contributed by atoms with Crippen LogP contribution in [0.25, 0.3) is 0 Å². The van der Waals surface area contributed by atoms with E-state index in [0.29, 0.717) is 11.1 Å². The van der Waals surface area contributed by atoms with Crippen molar-refractivity contribution in [2.75, 3.05) is 13.2 Å². The third kappa shape index (κ3) is 3.43. The Morgan fingerprint density at radius 3 is 2.59 bits per heavy atom. The van der Waals surface area contributed by atoms with Gasteiger partial charge in [-0.15, -0.1) is 0 Å². The van der Waals surface area contributed by atoms with Gasteiger partial charge in [0.2, 0.25) is 6.29 Å². The number of carbonyl (C=O) groups is 2. The third-order valence-corrected chi connectivity index (χ3v) is 5.57. The average molecular weight is 414 g/mol. The summed E-state index contributed by atoms with van der Waals surface area (Å²) >= 11 is 0. The molecule has 29 heavy (non-hydrogen) atoms. The highest BCUT2D eigenvalue weighted by atomic mass is 16.8. The van der Waals surface area contributed by atoms with E-state index in [-0.39, 0.29) is 6.61 Å². The van der Waals surface area contributed by atoms with E-state index in [4.69, 9.17) is 23.7 Å². The van der Waals surface area contributed by atoms with Gasteiger partial charge in [0.25, 0.3) is 0 Å². The fraction of sp³-hybridized carbons (Fsp3) is 0.667. The van der Waals surface area contributed by atoms with Crippen molar-refractivity contribution in [3.05, 3.63) is 23.5 Å². The summed E-state index contributed by atoms with van der Waals surface area (Å²) < 4.78 is 27.0. The Hall–Kier alpha value is -2.02. The van der Waals surface area contributed by atoms with Crippen molar-refractivity contribution in [1.29, 1.82) is 0 Å². The van der Waals surface area contributed by atoms with Crippen LogP contribution in [0.2, 0.25) is 0 Å². The molecule has 0 radical (unpaired) electrons. The Kier molecular flexibility index (Phi) is 5.36. The molecule has 1 aliphatic carbocycles. The number of aliphatic hydroxyl groups excluding tert-OH is 4. The van der Waals surface area contributed by atoms with Crippen molar-refractivity contribution in [3.63, 3.8) is 0 Å². The quantitative estimate of drug-likeness (QED) is 0.283. The molecule has 0 unspecified atom stereocenters. The van der Waals surface area contributed by atoms with Gasteiger partial charge in [-0.25, -0.2) is 4.79 Å². The minimum Gasteiger partial charge on any atom is -0.471 e. The molecular weight excluding hydrogens is 392 g/mol. The standard InChI is InChI=1S/C18H22O11/c1-6(20)25-4-7-2-9-12-8(16(24)27-9)5-26-17(11(7)12)29-18-15(23)14(22)13(21)10(3-19)28-18/h2,5,9-15,17-19,21-23H,3-4H2,1H3/t9-,10+,11+,12-,13+,14-,15+,17+,18-/m0/s1. The lowest BCUT2D eigenvalue weighted by Crippen LogP contribution is -2.60. The first-order chi connectivity index (χ1) is 13.8. The summed E-state index contributed by atoms with van der Waals surface area (Å²) in [6.07, 6.45) is -6.03. The second-order valence-electron chi connectivity index (χ2n) is 7.35. The molecule has 4 N–H and O–H groups in total. The van der Waals surface area contributed by atoms with Crippen LogP contribution in [0.3, 0.4) is 0 Å². The molecule has 2 fully saturated rings. The molecule has 0 bridgehead atoms. The van der Waals surface area contributed by atoms with E-state index in [1.165, 1.54) is 13.2 Å². The van der Waals surface area contributed by atoms with E-state index >= 15 is 0 Å². The molecule has 9 atom stereocenters. The largest absolute Gasteiger partial charge is 0.471 e. The Labute approximate surface area is 165 Å². The molecule has 11 heteroatoms. The number of hydrogen-bond acceptors (Lipinski definition) is 11. The summed E-state index contributed by atoms with van der Waals surface area (Å²) in [5.74, 6) is -1.99. The summed E-state index contributed by atoms with van der Waals surface area (Å²) in [5.41, 5.74) is 0.936. The molecule has 0 saturated carbocycles. The van der Waals surface area contributed by atoms with Gasteiger partial charge in [-0.2, -0.15) is 0 Å². The van der Waals surface area contributed by atoms with Gasteiger partial charge in [-0.05, 0) is 11.6 Å². The van der Waals surface area contributed by atoms with Crippen LogP contribution in [-0.2, 0) is 33.3 Å². The number of ether oxygens (including phenoxy) is 5. The molecule has 3 aliphatic heterocycles. The van der Waals surface area contributed by atoms with Crippen LogP contribution in [0.1, 0.15) is 6.92 Å². The molecule has 0 aromatic carbocycles. The molecule has 4 rings (SSSR count). The van der Waals surface area contributed by atoms with Gasteiger partial charge in [0, 0.05) is 12.8 Å². The Bertz CT molecular complexity index is 744. The summed E-state index contributed by atoms with van der Waals surface area (Å²) in [6.45, 7) is 0.602. The Morgan fingerprint density at radius 2 is 1.90 bits per heavy atom. The predicted molar refractivity (Wildman–Crippen MR) is 89.4 cm³/mol. The molecule has 3 heterocycles. The first kappa shape index (κ1) is 20.3. The van der Waals surface area contributed by atoms with Crippen molar-refractivity contribution < 1.29 is 53.7 Å². The van der Waals surface area contributed by atoms with Crippen molar-refractivity contribution in [2.45, 2.75) is 50.0 Å². The SMILES string of the molecule is CC(=O)OCC1=C[C@@H]2OC(=O)C3=CO[C@H](O[C@@H]4O[C@H](CO)[C@@H](O)[C@H](O)[C@H]4O)[C@H]1[C@@H]32. The zero-order valence-electron chi connectivity index (χ0n) is 15.4. The summed E-state index contributed by atoms with van der Waals surface area (Å²) in [5, 5.41) is 39.4. The predicted octanol–water partition coefficient (Wildman–Crippen LogP) is -2.30. The first-order valence-corrected chi connectivity index (χ1v) is 9.18. The number of rotatable bonds is 5. The zero-order valence-corrected chi connectivity index (χ0v) is 15.4. The van der Waals surface area contributed by atoms with Crippen LogP contribution in [0.4, 0.5) is 0 Å². The third-order valence-electron chi connectivity index (χ3n) is 5.57. The van der Waals surface area contributed by atoms with Gasteiger partial charge in [0.15, 0.2) is 6.29 Å². The van der Waals surface area contributed by atoms with Crippen LogP contribution in [-0.4, -0.2) is 88.7 Å². The Morgan fingerprint density at radius 1 is 1.14 bits per heavy atom. The molecule has 0 aromatic heterocycles. The molecule has 2 saturated heterocycles. The van der Waals surface area contributed by atoms with Crippen LogP contribution >= 0.6 is 0 Å². The normalized spacial score (nSPS) is 43.1. The smallest absolute Gasteiger partial charge is 0.338 e. The van der Waals surface area contributed by atoms with E-state index < -0.39 is 73.5 Å². The van der Waals surface area contributed by atoms with Gasteiger partial charge in [0.1, 0.15) is 37.1 Å². The van der Waals surface area contributed by atoms with E-state index in [1.807, 2.05) is 0 Å². The Balaban J connectivity index is 1.56. The van der Waals surface area contributed by atoms with E-state index in [0.717, 1.165) is 0 Å². The molecule has 11 nitrogen and oxygen atoms in total. The van der Waals surface area contributed by atoms with Crippen LogP contribution < -0.4 is 0 Å². The van der Waals surface area contributed by atoms with Gasteiger partial charge < -0.3 is 44.1 Å². The van der Waals surface area contributed by atoms with E-state index in [2.05, 4.69) is 0 Å². The number of hydrogen-bond donors (Lipinski definition) is 4. The van der Waals surface area contributed by atoms with Crippen molar-refractivity contribution in [1.82, 2.24) is 0 Å². The van der Waals surface area contributed by atoms with Gasteiger partial charge in [-0.3, -0.25) is 4.79 Å². The maximum absolute atomic E-state index is 12.0. The van der Waals surface area contributed by atoms with Gasteiger partial charge >= 0.3 is 11.9 Å². The number of esters is 2. The lowest BCUT2D eigenvalue weighted by molar-refractivity contribution is -0.339. The van der Waals surface area contributed by atoms with Crippen LogP contribution in [0, 0.1) is 11.8 Å². The lowest BCUT2D eigenvalue weighted by Gasteiger charge is -2.42. The molecular formula is C18H22O11. The second kappa shape index (κ2) is 7.67. The molecule has 0 amide bonds. The highest BCUT2D eigenvalue weighted by Crippen LogP contribution is 2.49. The first-order valence-electron chi connectivity index (χ1n) is 9.18. The number of carbonyl (C=O) groups excluding carboxylic acids is 2. The fourth-order valence-corrected chi connectivity index (χ4v) is 4.12. The fourth-order valence-electron chi connectivity index (χ4n) is 4.12. The van der Waals surface area contributed by atoms with Gasteiger partial charge in [-0.1, -0.05) is 0 Å². The minimum atomic E-state index is -1.61. The van der Waals surface area contributed by atoms with Crippen molar-refractivity contribution >= 4 is 11.9 Å². The maximum atomic E-state index is 12.0. The molecule has 4 aliphatic rings. The molecule has 0 aromatic rings. The summed E-state index contributed by atoms with van der Waals surface area (Å²) in [4.78, 5) is 23.2. The van der Waals surface area contributed by atoms with E-state index in [1.54, 1.807) is 6.08 Å². The molecule has 160 valence electrons. The number of aliphatic hydroxyl groups is 4. The maximum Gasteiger partial charge on any atom is 0.338 e. The monoisotopic (exact) mass is 414 g/mol. The summed E-state index contributed by atoms with van der Waals surface area (Å²) in [6, 6.07) is 0. The minimum absolute atomic E-state index is 0.0598. The highest BCUT2D eigenvalue weighted by Gasteiger charge is 2.56. The highest BCUT2D eigenvalue weighted by molar-refractivity contribution is 5.92. The van der Waals surface area contributed by atoms with Crippen molar-refractivity contribution in [2.24, 2.45) is 11.8 Å². The topological polar surface area (TPSA) is 161 Å². The summed E-state index contributed by atoms with van der Waals surface area (Å²) in [7, 11) is 0. The van der Waals surface area contributed by atoms with Crippen LogP contribution in [0.15, 0.2) is 23.5 Å². The van der Waals surface area contributed by atoms with Gasteiger partial charge in [0.05, 0.1) is 24.4 Å².